The molecule has 1 unspecified atom stereocenters. The quantitative estimate of drug-likeness (QED) is 0.538. The van der Waals surface area contributed by atoms with E-state index >= 15 is 0 Å². The maximum atomic E-state index is 13.3. The lowest BCUT2D eigenvalue weighted by Gasteiger charge is -2.37. The van der Waals surface area contributed by atoms with Crippen LogP contribution in [0.15, 0.2) is 48.5 Å². The molecule has 2 aliphatic heterocycles. The van der Waals surface area contributed by atoms with Gasteiger partial charge in [0.25, 0.3) is 5.91 Å². The van der Waals surface area contributed by atoms with E-state index in [2.05, 4.69) is 52.4 Å². The van der Waals surface area contributed by atoms with Crippen molar-refractivity contribution in [2.24, 2.45) is 0 Å². The molecule has 1 aliphatic carbocycles. The minimum Gasteiger partial charge on any atom is -0.355 e. The fourth-order valence-corrected chi connectivity index (χ4v) is 6.49. The fourth-order valence-electron chi connectivity index (χ4n) is 6.49. The van der Waals surface area contributed by atoms with Crippen LogP contribution in [0.5, 0.6) is 0 Å². The van der Waals surface area contributed by atoms with Crippen molar-refractivity contribution < 1.29 is 9.59 Å². The molecule has 35 heavy (non-hydrogen) atoms. The summed E-state index contributed by atoms with van der Waals surface area (Å²) in [7, 11) is 0. The summed E-state index contributed by atoms with van der Waals surface area (Å²) in [5.41, 5.74) is 4.31. The van der Waals surface area contributed by atoms with Gasteiger partial charge < -0.3 is 15.1 Å². The highest BCUT2D eigenvalue weighted by Crippen LogP contribution is 2.43. The number of piperidine rings is 1. The number of benzene rings is 2. The number of unbranched alkanes of at least 4 members (excludes halogenated alkanes) is 1. The number of hydrogen-bond donors (Lipinski definition) is 1. The zero-order valence-electron chi connectivity index (χ0n) is 21.1. The van der Waals surface area contributed by atoms with Crippen LogP contribution in [-0.2, 0) is 23.2 Å². The van der Waals surface area contributed by atoms with Crippen LogP contribution in [-0.4, -0.2) is 53.8 Å². The molecule has 0 spiro atoms. The van der Waals surface area contributed by atoms with Crippen molar-refractivity contribution in [3.63, 3.8) is 0 Å². The molecular formula is C30H39N3O2. The zero-order chi connectivity index (χ0) is 24.3. The van der Waals surface area contributed by atoms with E-state index < -0.39 is 0 Å². The Kier molecular flexibility index (Phi) is 7.24. The average molecular weight is 474 g/mol. The molecule has 2 amide bonds. The number of hydrogen-bond acceptors (Lipinski definition) is 3. The van der Waals surface area contributed by atoms with Crippen LogP contribution in [0, 0.1) is 0 Å². The Morgan fingerprint density at radius 3 is 2.54 bits per heavy atom. The predicted octanol–water partition coefficient (Wildman–Crippen LogP) is 4.69. The van der Waals surface area contributed by atoms with Crippen LogP contribution in [0.1, 0.15) is 78.9 Å². The maximum absolute atomic E-state index is 13.3. The molecule has 3 aliphatic rings. The molecule has 2 heterocycles. The maximum Gasteiger partial charge on any atom is 0.254 e. The van der Waals surface area contributed by atoms with Gasteiger partial charge in [-0.15, -0.1) is 0 Å². The molecule has 1 saturated heterocycles. The highest BCUT2D eigenvalue weighted by atomic mass is 16.2. The van der Waals surface area contributed by atoms with E-state index in [1.54, 1.807) is 0 Å². The number of amides is 2. The van der Waals surface area contributed by atoms with Gasteiger partial charge in [0.1, 0.15) is 0 Å². The Morgan fingerprint density at radius 2 is 1.77 bits per heavy atom. The van der Waals surface area contributed by atoms with E-state index in [-0.39, 0.29) is 17.2 Å². The normalized spacial score (nSPS) is 22.3. The van der Waals surface area contributed by atoms with Gasteiger partial charge in [-0.3, -0.25) is 9.59 Å². The zero-order valence-corrected chi connectivity index (χ0v) is 21.1. The third kappa shape index (κ3) is 4.75. The smallest absolute Gasteiger partial charge is 0.254 e. The van der Waals surface area contributed by atoms with Crippen LogP contribution in [0.2, 0.25) is 0 Å². The predicted molar refractivity (Wildman–Crippen MR) is 139 cm³/mol. The third-order valence-electron chi connectivity index (χ3n) is 8.50. The summed E-state index contributed by atoms with van der Waals surface area (Å²) in [6, 6.07) is 16.9. The minimum absolute atomic E-state index is 0.211. The van der Waals surface area contributed by atoms with E-state index in [0.717, 1.165) is 89.7 Å². The van der Waals surface area contributed by atoms with E-state index in [1.165, 1.54) is 16.7 Å². The second-order valence-corrected chi connectivity index (χ2v) is 10.6. The molecule has 1 atom stereocenters. The Morgan fingerprint density at radius 1 is 1.03 bits per heavy atom. The van der Waals surface area contributed by atoms with Gasteiger partial charge in [-0.1, -0.05) is 55.8 Å². The van der Waals surface area contributed by atoms with Crippen molar-refractivity contribution in [3.05, 3.63) is 70.8 Å². The SMILES string of the molecule is CCCNC(=O)C1(CCCCN2CCC(N3Cc4ccccc4C3=O)CC2)CCc2ccccc21. The van der Waals surface area contributed by atoms with Gasteiger partial charge in [-0.05, 0) is 74.2 Å². The molecule has 0 radical (unpaired) electrons. The number of nitrogens with zero attached hydrogens (tertiary/aromatic N) is 2. The molecule has 186 valence electrons. The largest absolute Gasteiger partial charge is 0.355 e. The average Bonchev–Trinajstić information content (AvgIpc) is 3.44. The van der Waals surface area contributed by atoms with E-state index in [4.69, 9.17) is 0 Å². The Hall–Kier alpha value is -2.66. The minimum atomic E-state index is -0.357. The van der Waals surface area contributed by atoms with E-state index in [1.807, 2.05) is 18.2 Å². The number of fused-ring (bicyclic) bond motifs is 2. The molecule has 5 nitrogen and oxygen atoms in total. The Balaban J connectivity index is 1.11. The molecule has 1 fully saturated rings. The van der Waals surface area contributed by atoms with Gasteiger partial charge in [0.15, 0.2) is 0 Å². The van der Waals surface area contributed by atoms with Gasteiger partial charge in [-0.25, -0.2) is 0 Å². The van der Waals surface area contributed by atoms with Crippen LogP contribution in [0.25, 0.3) is 0 Å². The van der Waals surface area contributed by atoms with Crippen molar-refractivity contribution in [3.8, 4) is 0 Å². The van der Waals surface area contributed by atoms with Crippen molar-refractivity contribution in [2.75, 3.05) is 26.2 Å². The molecule has 2 aromatic rings. The standard InChI is InChI=1S/C30H39N3O2/c1-2-18-31-29(35)30(17-13-23-9-4-6-12-27(23)30)16-7-8-19-32-20-14-25(15-21-32)33-22-24-10-3-5-11-26(24)28(33)34/h3-6,9-12,25H,2,7-8,13-22H2,1H3,(H,31,35). The van der Waals surface area contributed by atoms with Crippen LogP contribution >= 0.6 is 0 Å². The van der Waals surface area contributed by atoms with Crippen LogP contribution < -0.4 is 5.32 Å². The molecule has 0 bridgehead atoms. The topological polar surface area (TPSA) is 52.7 Å². The monoisotopic (exact) mass is 473 g/mol. The molecule has 5 heteroatoms. The molecule has 5 rings (SSSR count). The second kappa shape index (κ2) is 10.5. The Labute approximate surface area is 209 Å². The number of likely N-dealkylation sites (tertiary alicyclic amines) is 1. The summed E-state index contributed by atoms with van der Waals surface area (Å²) in [6.45, 7) is 6.81. The van der Waals surface area contributed by atoms with Gasteiger partial charge in [0.2, 0.25) is 5.91 Å². The molecule has 0 aromatic heterocycles. The van der Waals surface area contributed by atoms with Gasteiger partial charge in [0, 0.05) is 37.8 Å². The highest BCUT2D eigenvalue weighted by Gasteiger charge is 2.44. The summed E-state index contributed by atoms with van der Waals surface area (Å²) in [5, 5.41) is 3.21. The highest BCUT2D eigenvalue weighted by molar-refractivity contribution is 5.98. The lowest BCUT2D eigenvalue weighted by atomic mass is 9.76. The first-order chi connectivity index (χ1) is 17.1. The number of rotatable bonds is 9. The van der Waals surface area contributed by atoms with Crippen LogP contribution in [0.3, 0.4) is 0 Å². The Bertz CT molecular complexity index is 1060. The summed E-state index contributed by atoms with van der Waals surface area (Å²) in [6.07, 6.45) is 8.11. The lowest BCUT2D eigenvalue weighted by Crippen LogP contribution is -2.45. The molecule has 2 aromatic carbocycles. The summed E-state index contributed by atoms with van der Waals surface area (Å²) in [4.78, 5) is 30.8. The lowest BCUT2D eigenvalue weighted by molar-refractivity contribution is -0.127. The van der Waals surface area contributed by atoms with E-state index in [9.17, 15) is 9.59 Å². The van der Waals surface area contributed by atoms with Crippen molar-refractivity contribution in [1.29, 1.82) is 0 Å². The first-order valence-electron chi connectivity index (χ1n) is 13.6. The van der Waals surface area contributed by atoms with Crippen molar-refractivity contribution in [2.45, 2.75) is 76.3 Å². The summed E-state index contributed by atoms with van der Waals surface area (Å²) in [5.74, 6) is 0.434. The van der Waals surface area contributed by atoms with Gasteiger partial charge in [-0.2, -0.15) is 0 Å². The van der Waals surface area contributed by atoms with Crippen LogP contribution in [0.4, 0.5) is 0 Å². The fraction of sp³-hybridized carbons (Fsp3) is 0.533. The summed E-state index contributed by atoms with van der Waals surface area (Å²) >= 11 is 0. The molecule has 0 saturated carbocycles. The van der Waals surface area contributed by atoms with Crippen molar-refractivity contribution in [1.82, 2.24) is 15.1 Å². The first kappa shape index (κ1) is 24.1. The number of nitrogens with one attached hydrogen (secondary N) is 1. The number of aryl methyl sites for hydroxylation is 1. The summed E-state index contributed by atoms with van der Waals surface area (Å²) < 4.78 is 0. The number of carbonyl (C=O) groups is 2. The molecule has 1 N–H and O–H groups in total. The first-order valence-corrected chi connectivity index (χ1v) is 13.6. The van der Waals surface area contributed by atoms with Gasteiger partial charge in [0.05, 0.1) is 5.41 Å². The van der Waals surface area contributed by atoms with E-state index in [0.29, 0.717) is 6.04 Å². The third-order valence-corrected chi connectivity index (χ3v) is 8.50. The number of carbonyl (C=O) groups excluding carboxylic acids is 2. The van der Waals surface area contributed by atoms with Crippen molar-refractivity contribution >= 4 is 11.8 Å². The second-order valence-electron chi connectivity index (χ2n) is 10.6. The van der Waals surface area contributed by atoms with Gasteiger partial charge >= 0.3 is 0 Å². The molecular weight excluding hydrogens is 434 g/mol.